The van der Waals surface area contributed by atoms with E-state index in [0.29, 0.717) is 33.5 Å². The van der Waals surface area contributed by atoms with Gasteiger partial charge in [0.2, 0.25) is 0 Å². The summed E-state index contributed by atoms with van der Waals surface area (Å²) in [4.78, 5) is 0. The number of halogens is 4. The van der Waals surface area contributed by atoms with Crippen molar-refractivity contribution in [2.75, 3.05) is 13.2 Å². The lowest BCUT2D eigenvalue weighted by Gasteiger charge is -2.14. The molecule has 0 aliphatic carbocycles. The lowest BCUT2D eigenvalue weighted by Crippen LogP contribution is -2.28. The van der Waals surface area contributed by atoms with Crippen LogP contribution in [0.15, 0.2) is 12.1 Å². The Morgan fingerprint density at radius 1 is 1.24 bits per heavy atom. The molecule has 0 bridgehead atoms. The van der Waals surface area contributed by atoms with Crippen LogP contribution in [-0.4, -0.2) is 19.2 Å². The maximum absolute atomic E-state index is 6.01. The first-order valence-electron chi connectivity index (χ1n) is 5.17. The maximum atomic E-state index is 6.01. The van der Waals surface area contributed by atoms with E-state index in [1.165, 1.54) is 6.42 Å². The lowest BCUT2D eigenvalue weighted by atomic mass is 10.2. The first-order chi connectivity index (χ1) is 7.66. The van der Waals surface area contributed by atoms with Crippen molar-refractivity contribution in [1.82, 2.24) is 5.32 Å². The molecule has 0 amide bonds. The number of benzene rings is 1. The summed E-state index contributed by atoms with van der Waals surface area (Å²) in [7, 11) is 0. The molecule has 1 saturated heterocycles. The summed E-state index contributed by atoms with van der Waals surface area (Å²) in [5.74, 6) is 0.515. The predicted molar refractivity (Wildman–Crippen MR) is 75.2 cm³/mol. The molecule has 0 spiro atoms. The third-order valence-corrected chi connectivity index (χ3v) is 3.33. The second kappa shape index (κ2) is 6.91. The standard InChI is InChI=1S/C11H12Cl3NO.ClH/c12-7-4-9(13)11(10(14)5-7)16-6-8-2-1-3-15-8;/h4-5,8,15H,1-3,6H2;1H. The lowest BCUT2D eigenvalue weighted by molar-refractivity contribution is 0.277. The van der Waals surface area contributed by atoms with Gasteiger partial charge in [0, 0.05) is 11.1 Å². The first-order valence-corrected chi connectivity index (χ1v) is 6.31. The van der Waals surface area contributed by atoms with E-state index in [1.54, 1.807) is 12.1 Å². The van der Waals surface area contributed by atoms with Gasteiger partial charge in [0.15, 0.2) is 5.75 Å². The largest absolute Gasteiger partial charge is 0.489 e. The highest BCUT2D eigenvalue weighted by atomic mass is 35.5. The summed E-state index contributed by atoms with van der Waals surface area (Å²) in [6, 6.07) is 3.65. The third kappa shape index (κ3) is 4.08. The number of hydrogen-bond acceptors (Lipinski definition) is 2. The summed E-state index contributed by atoms with van der Waals surface area (Å²) in [6.07, 6.45) is 2.32. The summed E-state index contributed by atoms with van der Waals surface area (Å²) < 4.78 is 5.62. The van der Waals surface area contributed by atoms with Gasteiger partial charge in [0.25, 0.3) is 0 Å². The molecule has 1 aromatic rings. The molecule has 1 fully saturated rings. The van der Waals surface area contributed by atoms with Gasteiger partial charge >= 0.3 is 0 Å². The Labute approximate surface area is 122 Å². The molecule has 6 heteroatoms. The predicted octanol–water partition coefficient (Wildman–Crippen LogP) is 4.20. The fourth-order valence-corrected chi connectivity index (χ4v) is 2.68. The minimum atomic E-state index is 0. The Bertz CT molecular complexity index is 357. The van der Waals surface area contributed by atoms with Gasteiger partial charge in [0.05, 0.1) is 10.0 Å². The first kappa shape index (κ1) is 15.2. The zero-order chi connectivity index (χ0) is 11.5. The molecule has 1 aliphatic rings. The van der Waals surface area contributed by atoms with E-state index in [-0.39, 0.29) is 12.4 Å². The normalized spacial score (nSPS) is 18.9. The summed E-state index contributed by atoms with van der Waals surface area (Å²) in [6.45, 7) is 1.64. The van der Waals surface area contributed by atoms with Crippen LogP contribution in [0.5, 0.6) is 5.75 Å². The Balaban J connectivity index is 0.00000144. The minimum Gasteiger partial charge on any atom is -0.489 e. The van der Waals surface area contributed by atoms with Gasteiger partial charge in [0.1, 0.15) is 6.61 Å². The Hall–Kier alpha value is 0.140. The highest BCUT2D eigenvalue weighted by Crippen LogP contribution is 2.35. The molecule has 17 heavy (non-hydrogen) atoms. The summed E-state index contributed by atoms with van der Waals surface area (Å²) in [5, 5.41) is 4.76. The average molecular weight is 317 g/mol. The van der Waals surface area contributed by atoms with Crippen molar-refractivity contribution in [3.05, 3.63) is 27.2 Å². The van der Waals surface area contributed by atoms with Crippen LogP contribution in [0.1, 0.15) is 12.8 Å². The van der Waals surface area contributed by atoms with Crippen LogP contribution in [0.4, 0.5) is 0 Å². The Morgan fingerprint density at radius 3 is 2.41 bits per heavy atom. The van der Waals surface area contributed by atoms with Crippen molar-refractivity contribution in [3.8, 4) is 5.75 Å². The molecule has 1 aliphatic heterocycles. The van der Waals surface area contributed by atoms with E-state index in [4.69, 9.17) is 39.5 Å². The fraction of sp³-hybridized carbons (Fsp3) is 0.455. The summed E-state index contributed by atoms with van der Waals surface area (Å²) in [5.41, 5.74) is 0. The molecule has 1 N–H and O–H groups in total. The van der Waals surface area contributed by atoms with Gasteiger partial charge in [-0.05, 0) is 31.5 Å². The molecule has 2 nitrogen and oxygen atoms in total. The molecule has 1 aromatic carbocycles. The van der Waals surface area contributed by atoms with Crippen molar-refractivity contribution in [3.63, 3.8) is 0 Å². The van der Waals surface area contributed by atoms with E-state index in [9.17, 15) is 0 Å². The third-order valence-electron chi connectivity index (χ3n) is 2.55. The number of nitrogens with one attached hydrogen (secondary N) is 1. The molecule has 2 rings (SSSR count). The molecule has 1 unspecified atom stereocenters. The molecule has 96 valence electrons. The SMILES string of the molecule is Cl.Clc1cc(Cl)c(OCC2CCCN2)c(Cl)c1. The second-order valence-corrected chi connectivity index (χ2v) is 5.05. The van der Waals surface area contributed by atoms with Gasteiger partial charge in [-0.25, -0.2) is 0 Å². The summed E-state index contributed by atoms with van der Waals surface area (Å²) >= 11 is 17.8. The van der Waals surface area contributed by atoms with Crippen molar-refractivity contribution >= 4 is 47.2 Å². The number of rotatable bonds is 3. The van der Waals surface area contributed by atoms with Crippen LogP contribution in [0.2, 0.25) is 15.1 Å². The smallest absolute Gasteiger partial charge is 0.156 e. The zero-order valence-corrected chi connectivity index (χ0v) is 12.1. The molecule has 0 radical (unpaired) electrons. The maximum Gasteiger partial charge on any atom is 0.156 e. The van der Waals surface area contributed by atoms with E-state index in [0.717, 1.165) is 13.0 Å². The van der Waals surface area contributed by atoms with Crippen molar-refractivity contribution < 1.29 is 4.74 Å². The topological polar surface area (TPSA) is 21.3 Å². The fourth-order valence-electron chi connectivity index (χ4n) is 1.75. The molecule has 0 aromatic heterocycles. The van der Waals surface area contributed by atoms with E-state index in [1.807, 2.05) is 0 Å². The van der Waals surface area contributed by atoms with Crippen LogP contribution < -0.4 is 10.1 Å². The van der Waals surface area contributed by atoms with Crippen LogP contribution in [0.25, 0.3) is 0 Å². The monoisotopic (exact) mass is 315 g/mol. The van der Waals surface area contributed by atoms with Crippen LogP contribution in [0.3, 0.4) is 0 Å². The number of hydrogen-bond donors (Lipinski definition) is 1. The quantitative estimate of drug-likeness (QED) is 0.902. The highest BCUT2D eigenvalue weighted by molar-refractivity contribution is 6.40. The van der Waals surface area contributed by atoms with Crippen molar-refractivity contribution in [1.29, 1.82) is 0 Å². The Morgan fingerprint density at radius 2 is 1.88 bits per heavy atom. The average Bonchev–Trinajstić information content (AvgIpc) is 2.68. The van der Waals surface area contributed by atoms with Gasteiger partial charge in [-0.1, -0.05) is 34.8 Å². The van der Waals surface area contributed by atoms with E-state index >= 15 is 0 Å². The van der Waals surface area contributed by atoms with Gasteiger partial charge in [-0.3, -0.25) is 0 Å². The molecule has 0 saturated carbocycles. The van der Waals surface area contributed by atoms with Crippen LogP contribution in [-0.2, 0) is 0 Å². The molecular weight excluding hydrogens is 304 g/mol. The Kier molecular flexibility index (Phi) is 6.18. The molecule has 1 atom stereocenters. The van der Waals surface area contributed by atoms with Gasteiger partial charge < -0.3 is 10.1 Å². The van der Waals surface area contributed by atoms with Crippen molar-refractivity contribution in [2.45, 2.75) is 18.9 Å². The van der Waals surface area contributed by atoms with E-state index < -0.39 is 0 Å². The van der Waals surface area contributed by atoms with Crippen molar-refractivity contribution in [2.24, 2.45) is 0 Å². The molecular formula is C11H13Cl4NO. The van der Waals surface area contributed by atoms with Crippen LogP contribution >= 0.6 is 47.2 Å². The van der Waals surface area contributed by atoms with Crippen LogP contribution in [0, 0.1) is 0 Å². The van der Waals surface area contributed by atoms with Gasteiger partial charge in [-0.2, -0.15) is 0 Å². The highest BCUT2D eigenvalue weighted by Gasteiger charge is 2.16. The number of ether oxygens (including phenoxy) is 1. The zero-order valence-electron chi connectivity index (χ0n) is 9.01. The minimum absolute atomic E-state index is 0. The van der Waals surface area contributed by atoms with E-state index in [2.05, 4.69) is 5.32 Å². The van der Waals surface area contributed by atoms with Gasteiger partial charge in [-0.15, -0.1) is 12.4 Å². The second-order valence-electron chi connectivity index (χ2n) is 3.80. The molecule has 1 heterocycles.